The highest BCUT2D eigenvalue weighted by Gasteiger charge is 2.35. The topological polar surface area (TPSA) is 52.7 Å². The molecule has 0 aromatic rings. The van der Waals surface area contributed by atoms with Gasteiger partial charge in [-0.05, 0) is 38.8 Å². The van der Waals surface area contributed by atoms with Crippen LogP contribution in [0.3, 0.4) is 0 Å². The van der Waals surface area contributed by atoms with E-state index in [1.807, 2.05) is 0 Å². The minimum Gasteiger partial charge on any atom is -0.350 e. The molecule has 0 aromatic carbocycles. The van der Waals surface area contributed by atoms with E-state index in [-0.39, 0.29) is 17.9 Å². The zero-order valence-corrected chi connectivity index (χ0v) is 14.3. The molecule has 2 saturated heterocycles. The zero-order chi connectivity index (χ0) is 16.1. The third-order valence-electron chi connectivity index (χ3n) is 5.60. The van der Waals surface area contributed by atoms with E-state index in [2.05, 4.69) is 15.1 Å². The molecule has 1 atom stereocenters. The van der Waals surface area contributed by atoms with Crippen LogP contribution in [0.2, 0.25) is 0 Å². The number of hydrogen-bond donors (Lipinski definition) is 1. The van der Waals surface area contributed by atoms with Crippen LogP contribution in [0, 0.1) is 0 Å². The van der Waals surface area contributed by atoms with Gasteiger partial charge in [0.25, 0.3) is 0 Å². The lowest BCUT2D eigenvalue weighted by molar-refractivity contribution is -0.129. The maximum atomic E-state index is 12.3. The lowest BCUT2D eigenvalue weighted by atomic mass is 10.1. The molecule has 3 aliphatic rings. The summed E-state index contributed by atoms with van der Waals surface area (Å²) in [6, 6.07) is 0.428. The molecular weight excluding hydrogens is 290 g/mol. The van der Waals surface area contributed by atoms with E-state index in [0.29, 0.717) is 19.0 Å². The molecule has 0 spiro atoms. The summed E-state index contributed by atoms with van der Waals surface area (Å²) in [7, 11) is 0. The van der Waals surface area contributed by atoms with Gasteiger partial charge in [0.1, 0.15) is 0 Å². The molecule has 130 valence electrons. The fourth-order valence-corrected chi connectivity index (χ4v) is 4.34. The van der Waals surface area contributed by atoms with Crippen LogP contribution < -0.4 is 5.32 Å². The predicted molar refractivity (Wildman–Crippen MR) is 90.0 cm³/mol. The monoisotopic (exact) mass is 321 g/mol. The number of carbonyl (C=O) groups excluding carboxylic acids is 2. The Bertz CT molecular complexity index is 412. The van der Waals surface area contributed by atoms with Crippen molar-refractivity contribution in [1.29, 1.82) is 0 Å². The Hall–Kier alpha value is -1.10. The van der Waals surface area contributed by atoms with Crippen molar-refractivity contribution in [3.63, 3.8) is 0 Å². The number of piperidine rings is 1. The van der Waals surface area contributed by atoms with E-state index >= 15 is 0 Å². The maximum Gasteiger partial charge on any atom is 0.234 e. The van der Waals surface area contributed by atoms with Gasteiger partial charge < -0.3 is 10.2 Å². The van der Waals surface area contributed by atoms with Crippen LogP contribution in [-0.2, 0) is 9.59 Å². The fourth-order valence-electron chi connectivity index (χ4n) is 4.34. The maximum absolute atomic E-state index is 12.3. The second kappa shape index (κ2) is 8.13. The number of rotatable bonds is 4. The summed E-state index contributed by atoms with van der Waals surface area (Å²) in [5.41, 5.74) is 0. The average Bonchev–Trinajstić information content (AvgIpc) is 2.76. The standard InChI is InChI=1S/C18H31N3O2/c22-17(14-20-10-6-3-7-11-20)19-15-12-18(23)21(13-15)16-8-4-1-2-5-9-16/h15-16H,1-14H2,(H,19,22)/t15-/m0/s1. The van der Waals surface area contributed by atoms with Crippen molar-refractivity contribution < 1.29 is 9.59 Å². The normalized spacial score (nSPS) is 27.9. The molecule has 2 aliphatic heterocycles. The summed E-state index contributed by atoms with van der Waals surface area (Å²) in [6.45, 7) is 3.28. The number of likely N-dealkylation sites (tertiary alicyclic amines) is 2. The Morgan fingerprint density at radius 2 is 1.65 bits per heavy atom. The minimum atomic E-state index is 0.0167. The summed E-state index contributed by atoms with van der Waals surface area (Å²) < 4.78 is 0. The molecule has 0 aromatic heterocycles. The molecule has 2 amide bonds. The van der Waals surface area contributed by atoms with Crippen LogP contribution in [0.1, 0.15) is 64.2 Å². The van der Waals surface area contributed by atoms with Crippen LogP contribution in [0.15, 0.2) is 0 Å². The Labute approximate surface area is 139 Å². The lowest BCUT2D eigenvalue weighted by Crippen LogP contribution is -2.45. The summed E-state index contributed by atoms with van der Waals surface area (Å²) in [4.78, 5) is 28.8. The van der Waals surface area contributed by atoms with Gasteiger partial charge in [-0.25, -0.2) is 0 Å². The predicted octanol–water partition coefficient (Wildman–Crippen LogP) is 1.91. The van der Waals surface area contributed by atoms with Crippen LogP contribution in [-0.4, -0.2) is 59.9 Å². The van der Waals surface area contributed by atoms with Gasteiger partial charge >= 0.3 is 0 Å². The van der Waals surface area contributed by atoms with Crippen molar-refractivity contribution in [1.82, 2.24) is 15.1 Å². The third kappa shape index (κ3) is 4.69. The SMILES string of the molecule is O=C(CN1CCCCC1)N[C@H]1CC(=O)N(C2CCCCCC2)C1. The number of hydrogen-bond acceptors (Lipinski definition) is 3. The van der Waals surface area contributed by atoms with E-state index < -0.39 is 0 Å². The highest BCUT2D eigenvalue weighted by Crippen LogP contribution is 2.25. The second-order valence-corrected chi connectivity index (χ2v) is 7.50. The van der Waals surface area contributed by atoms with Gasteiger partial charge in [-0.1, -0.05) is 32.1 Å². The molecule has 0 bridgehead atoms. The Balaban J connectivity index is 1.45. The summed E-state index contributed by atoms with van der Waals surface area (Å²) in [5.74, 6) is 0.326. The van der Waals surface area contributed by atoms with Gasteiger partial charge in [-0.2, -0.15) is 0 Å². The van der Waals surface area contributed by atoms with E-state index in [9.17, 15) is 9.59 Å². The van der Waals surface area contributed by atoms with Gasteiger partial charge in [0.05, 0.1) is 12.6 Å². The Morgan fingerprint density at radius 1 is 1.00 bits per heavy atom. The molecule has 5 heteroatoms. The van der Waals surface area contributed by atoms with Crippen molar-refractivity contribution in [3.05, 3.63) is 0 Å². The van der Waals surface area contributed by atoms with Crippen LogP contribution >= 0.6 is 0 Å². The van der Waals surface area contributed by atoms with Crippen LogP contribution in [0.4, 0.5) is 0 Å². The molecule has 1 saturated carbocycles. The summed E-state index contributed by atoms with van der Waals surface area (Å²) in [6.07, 6.45) is 11.5. The molecule has 23 heavy (non-hydrogen) atoms. The van der Waals surface area contributed by atoms with Crippen LogP contribution in [0.25, 0.3) is 0 Å². The Kier molecular flexibility index (Phi) is 5.92. The van der Waals surface area contributed by atoms with E-state index in [4.69, 9.17) is 0 Å². The smallest absolute Gasteiger partial charge is 0.234 e. The van der Waals surface area contributed by atoms with Crippen molar-refractivity contribution in [2.24, 2.45) is 0 Å². The lowest BCUT2D eigenvalue weighted by Gasteiger charge is -2.28. The van der Waals surface area contributed by atoms with Gasteiger partial charge in [-0.15, -0.1) is 0 Å². The molecule has 1 N–H and O–H groups in total. The van der Waals surface area contributed by atoms with Gasteiger partial charge in [-0.3, -0.25) is 14.5 Å². The molecule has 5 nitrogen and oxygen atoms in total. The highest BCUT2D eigenvalue weighted by atomic mass is 16.2. The second-order valence-electron chi connectivity index (χ2n) is 7.50. The number of nitrogens with one attached hydrogen (secondary N) is 1. The van der Waals surface area contributed by atoms with Crippen molar-refractivity contribution in [3.8, 4) is 0 Å². The minimum absolute atomic E-state index is 0.0167. The molecule has 1 aliphatic carbocycles. The largest absolute Gasteiger partial charge is 0.350 e. The molecule has 2 heterocycles. The number of carbonyl (C=O) groups is 2. The average molecular weight is 321 g/mol. The fraction of sp³-hybridized carbons (Fsp3) is 0.889. The first kappa shape index (κ1) is 16.7. The Morgan fingerprint density at radius 3 is 2.35 bits per heavy atom. The number of amides is 2. The van der Waals surface area contributed by atoms with Crippen molar-refractivity contribution in [2.45, 2.75) is 76.3 Å². The highest BCUT2D eigenvalue weighted by molar-refractivity contribution is 5.83. The van der Waals surface area contributed by atoms with E-state index in [1.54, 1.807) is 0 Å². The first-order valence-corrected chi connectivity index (χ1v) is 9.53. The molecule has 0 radical (unpaired) electrons. The first-order valence-electron chi connectivity index (χ1n) is 9.53. The number of nitrogens with zero attached hydrogens (tertiary/aromatic N) is 2. The molecule has 3 rings (SSSR count). The summed E-state index contributed by atoms with van der Waals surface area (Å²) >= 11 is 0. The zero-order valence-electron chi connectivity index (χ0n) is 14.3. The molecule has 0 unspecified atom stereocenters. The van der Waals surface area contributed by atoms with E-state index in [1.165, 1.54) is 44.9 Å². The van der Waals surface area contributed by atoms with Crippen molar-refractivity contribution >= 4 is 11.8 Å². The first-order chi connectivity index (χ1) is 11.2. The summed E-state index contributed by atoms with van der Waals surface area (Å²) in [5, 5.41) is 3.10. The van der Waals surface area contributed by atoms with Gasteiger partial charge in [0.2, 0.25) is 11.8 Å². The molecular formula is C18H31N3O2. The van der Waals surface area contributed by atoms with Gasteiger partial charge in [0, 0.05) is 19.0 Å². The van der Waals surface area contributed by atoms with Gasteiger partial charge in [0.15, 0.2) is 0 Å². The molecule has 3 fully saturated rings. The van der Waals surface area contributed by atoms with Crippen LogP contribution in [0.5, 0.6) is 0 Å². The quantitative estimate of drug-likeness (QED) is 0.805. The third-order valence-corrected chi connectivity index (χ3v) is 5.60. The van der Waals surface area contributed by atoms with E-state index in [0.717, 1.165) is 32.5 Å². The van der Waals surface area contributed by atoms with Crippen molar-refractivity contribution in [2.75, 3.05) is 26.2 Å².